The molecule has 0 aliphatic carbocycles. The van der Waals surface area contributed by atoms with E-state index in [-0.39, 0.29) is 26.1 Å². The number of nitrogens with zero attached hydrogens (tertiary/aromatic N) is 1. The number of carbonyl (C=O) groups excluding carboxylic acids is 2. The summed E-state index contributed by atoms with van der Waals surface area (Å²) in [4.78, 5) is 35.4. The number of ether oxygens (including phenoxy) is 2. The molecule has 2 atom stereocenters. The molecule has 0 radical (unpaired) electrons. The summed E-state index contributed by atoms with van der Waals surface area (Å²) in [5, 5.41) is 0. The van der Waals surface area contributed by atoms with Crippen molar-refractivity contribution in [1.82, 2.24) is 0 Å². The van der Waals surface area contributed by atoms with E-state index in [1.165, 1.54) is 12.8 Å². The van der Waals surface area contributed by atoms with Gasteiger partial charge in [-0.1, -0.05) is 155 Å². The van der Waals surface area contributed by atoms with E-state index in [0.29, 0.717) is 23.9 Å². The maximum absolute atomic E-state index is 12.7. The Balaban J connectivity index is 4.39. The number of esters is 2. The molecule has 0 fully saturated rings. The van der Waals surface area contributed by atoms with E-state index < -0.39 is 32.5 Å². The molecule has 0 saturated carbocycles. The number of rotatable bonds is 41. The number of carbonyl (C=O) groups is 2. The molecule has 0 aromatic carbocycles. The Bertz CT molecular complexity index is 1420. The van der Waals surface area contributed by atoms with E-state index in [2.05, 4.69) is 123 Å². The fourth-order valence-electron chi connectivity index (χ4n) is 5.60. The average molecular weight is 885 g/mol. The van der Waals surface area contributed by atoms with E-state index in [1.54, 1.807) is 0 Å². The standard InChI is InChI=1S/C52H86NO8P/c1-6-8-10-12-14-16-18-19-20-21-22-23-24-25-26-27-28-29-30-31-32-33-35-37-39-41-43-45-52(55)61-50(49-60-62(56,57)59-47-46-53(3,4)5)48-58-51(54)44-42-40-38-36-34-17-15-13-11-9-7-2/h8,10,13-16,19-20,22-23,25-26,28-29,31-32,35,37,50H,6-7,9,11-12,17-18,21,24,27,30,33-34,36,38-49H2,1-5H3/p+1/b10-8-,15-13-,16-14-,20-19-,23-22-,26-25-,29-28-,32-31-,37-35-. The second-order valence-electron chi connectivity index (χ2n) is 16.4. The maximum Gasteiger partial charge on any atom is 0.472 e. The molecule has 0 saturated heterocycles. The summed E-state index contributed by atoms with van der Waals surface area (Å²) in [5.41, 5.74) is 0. The van der Waals surface area contributed by atoms with Gasteiger partial charge in [0, 0.05) is 12.8 Å². The molecule has 1 N–H and O–H groups in total. The van der Waals surface area contributed by atoms with Gasteiger partial charge in [0.05, 0.1) is 27.7 Å². The van der Waals surface area contributed by atoms with E-state index in [0.717, 1.165) is 103 Å². The molecule has 0 aliphatic heterocycles. The van der Waals surface area contributed by atoms with Crippen molar-refractivity contribution in [2.45, 2.75) is 161 Å². The lowest BCUT2D eigenvalue weighted by Crippen LogP contribution is -2.37. The topological polar surface area (TPSA) is 108 Å². The van der Waals surface area contributed by atoms with Gasteiger partial charge >= 0.3 is 19.8 Å². The lowest BCUT2D eigenvalue weighted by atomic mass is 10.1. The van der Waals surface area contributed by atoms with Gasteiger partial charge in [-0.15, -0.1) is 0 Å². The molecule has 10 heteroatoms. The van der Waals surface area contributed by atoms with Crippen molar-refractivity contribution >= 4 is 19.8 Å². The first-order valence-corrected chi connectivity index (χ1v) is 25.1. The first-order valence-electron chi connectivity index (χ1n) is 23.6. The molecule has 0 aliphatic rings. The fraction of sp³-hybridized carbons (Fsp3) is 0.615. The summed E-state index contributed by atoms with van der Waals surface area (Å²) >= 11 is 0. The predicted molar refractivity (Wildman–Crippen MR) is 261 cm³/mol. The van der Waals surface area contributed by atoms with Crippen LogP contribution < -0.4 is 0 Å². The van der Waals surface area contributed by atoms with Crippen LogP contribution in [-0.2, 0) is 32.7 Å². The van der Waals surface area contributed by atoms with E-state index >= 15 is 0 Å². The number of phosphoric acid groups is 1. The fourth-order valence-corrected chi connectivity index (χ4v) is 6.34. The van der Waals surface area contributed by atoms with Crippen LogP contribution >= 0.6 is 7.82 Å². The number of hydrogen-bond donors (Lipinski definition) is 1. The van der Waals surface area contributed by atoms with Gasteiger partial charge in [-0.05, 0) is 96.3 Å². The minimum Gasteiger partial charge on any atom is -0.462 e. The van der Waals surface area contributed by atoms with Crippen LogP contribution in [0.25, 0.3) is 0 Å². The number of hydrogen-bond acceptors (Lipinski definition) is 7. The van der Waals surface area contributed by atoms with Crippen molar-refractivity contribution in [3.63, 3.8) is 0 Å². The molecular formula is C52H87NO8P+. The normalized spacial score (nSPS) is 14.5. The monoisotopic (exact) mass is 885 g/mol. The molecule has 352 valence electrons. The Labute approximate surface area is 378 Å². The van der Waals surface area contributed by atoms with Crippen LogP contribution in [0, 0.1) is 0 Å². The Morgan fingerprint density at radius 3 is 1.42 bits per heavy atom. The molecule has 0 heterocycles. The third kappa shape index (κ3) is 46.2. The van der Waals surface area contributed by atoms with E-state index in [4.69, 9.17) is 18.5 Å². The molecule has 2 unspecified atom stereocenters. The SMILES string of the molecule is CC/C=C\C/C=C\C/C=C\C/C=C\C/C=C\C/C=C\C/C=C\C/C=C\CCCCC(=O)OC(COC(=O)CCCCCCC/C=C\CCCC)COP(=O)(O)OCC[N+](C)(C)C. The van der Waals surface area contributed by atoms with Gasteiger partial charge in [0.2, 0.25) is 0 Å². The number of allylic oxidation sites excluding steroid dienone is 18. The van der Waals surface area contributed by atoms with Gasteiger partial charge in [0.1, 0.15) is 19.8 Å². The molecular weight excluding hydrogens is 798 g/mol. The van der Waals surface area contributed by atoms with E-state index in [1.807, 2.05) is 21.1 Å². The van der Waals surface area contributed by atoms with Gasteiger partial charge in [0.25, 0.3) is 0 Å². The second-order valence-corrected chi connectivity index (χ2v) is 17.9. The Morgan fingerprint density at radius 1 is 0.516 bits per heavy atom. The molecule has 62 heavy (non-hydrogen) atoms. The first-order chi connectivity index (χ1) is 30.0. The second kappa shape index (κ2) is 42.9. The lowest BCUT2D eigenvalue weighted by Gasteiger charge is -2.24. The van der Waals surface area contributed by atoms with Gasteiger partial charge in [0.15, 0.2) is 6.10 Å². The summed E-state index contributed by atoms with van der Waals surface area (Å²) in [7, 11) is 1.42. The van der Waals surface area contributed by atoms with Crippen LogP contribution in [0.4, 0.5) is 0 Å². The molecule has 0 bridgehead atoms. The summed E-state index contributed by atoms with van der Waals surface area (Å²) < 4.78 is 34.2. The zero-order valence-electron chi connectivity index (χ0n) is 39.6. The Hall–Kier alpha value is -3.33. The first kappa shape index (κ1) is 58.7. The highest BCUT2D eigenvalue weighted by molar-refractivity contribution is 7.47. The number of likely N-dealkylation sites (N-methyl/N-ethyl adjacent to an activating group) is 1. The molecule has 0 aromatic rings. The van der Waals surface area contributed by atoms with Gasteiger partial charge in [-0.25, -0.2) is 4.57 Å². The molecule has 0 amide bonds. The maximum atomic E-state index is 12.7. The molecule has 9 nitrogen and oxygen atoms in total. The minimum atomic E-state index is -4.40. The van der Waals surface area contributed by atoms with Crippen LogP contribution in [0.15, 0.2) is 109 Å². The van der Waals surface area contributed by atoms with Crippen molar-refractivity contribution in [3.8, 4) is 0 Å². The average Bonchev–Trinajstić information content (AvgIpc) is 3.23. The van der Waals surface area contributed by atoms with Gasteiger partial charge in [-0.3, -0.25) is 18.6 Å². The van der Waals surface area contributed by atoms with Crippen LogP contribution in [0.5, 0.6) is 0 Å². The predicted octanol–water partition coefficient (Wildman–Crippen LogP) is 13.9. The zero-order valence-corrected chi connectivity index (χ0v) is 40.4. The largest absolute Gasteiger partial charge is 0.472 e. The lowest BCUT2D eigenvalue weighted by molar-refractivity contribution is -0.870. The zero-order chi connectivity index (χ0) is 45.7. The quantitative estimate of drug-likeness (QED) is 0.0213. The van der Waals surface area contributed by atoms with Crippen LogP contribution in [0.3, 0.4) is 0 Å². The summed E-state index contributed by atoms with van der Waals surface area (Å²) in [6, 6.07) is 0. The highest BCUT2D eigenvalue weighted by Gasteiger charge is 2.27. The molecule has 0 rings (SSSR count). The highest BCUT2D eigenvalue weighted by atomic mass is 31.2. The molecule has 0 aromatic heterocycles. The number of phosphoric ester groups is 1. The number of quaternary nitrogens is 1. The van der Waals surface area contributed by atoms with Crippen molar-refractivity contribution in [2.75, 3.05) is 47.5 Å². The van der Waals surface area contributed by atoms with Crippen molar-refractivity contribution in [3.05, 3.63) is 109 Å². The van der Waals surface area contributed by atoms with Crippen LogP contribution in [0.1, 0.15) is 155 Å². The van der Waals surface area contributed by atoms with E-state index in [9.17, 15) is 19.0 Å². The van der Waals surface area contributed by atoms with Crippen molar-refractivity contribution < 1.29 is 42.1 Å². The van der Waals surface area contributed by atoms with Crippen LogP contribution in [-0.4, -0.2) is 74.9 Å². The summed E-state index contributed by atoms with van der Waals surface area (Å²) in [5.74, 6) is -0.874. The smallest absolute Gasteiger partial charge is 0.462 e. The highest BCUT2D eigenvalue weighted by Crippen LogP contribution is 2.43. The number of unbranched alkanes of at least 4 members (excludes halogenated alkanes) is 9. The Morgan fingerprint density at radius 2 is 0.919 bits per heavy atom. The minimum absolute atomic E-state index is 0.0153. The van der Waals surface area contributed by atoms with Gasteiger partial charge in [-0.2, -0.15) is 0 Å². The van der Waals surface area contributed by atoms with Gasteiger partial charge < -0.3 is 18.9 Å². The molecule has 0 spiro atoms. The van der Waals surface area contributed by atoms with Crippen molar-refractivity contribution in [2.24, 2.45) is 0 Å². The van der Waals surface area contributed by atoms with Crippen molar-refractivity contribution in [1.29, 1.82) is 0 Å². The summed E-state index contributed by atoms with van der Waals surface area (Å²) in [6.45, 7) is 4.17. The summed E-state index contributed by atoms with van der Waals surface area (Å²) in [6.07, 6.45) is 58.7. The Kier molecular flexibility index (Phi) is 40.6. The third-order valence-electron chi connectivity index (χ3n) is 9.29. The van der Waals surface area contributed by atoms with Crippen LogP contribution in [0.2, 0.25) is 0 Å². The third-order valence-corrected chi connectivity index (χ3v) is 10.3.